The molecule has 0 spiro atoms. The van der Waals surface area contributed by atoms with E-state index in [1.807, 2.05) is 25.1 Å². The zero-order valence-corrected chi connectivity index (χ0v) is 11.5. The largest absolute Gasteiger partial charge is 0.497 e. The summed E-state index contributed by atoms with van der Waals surface area (Å²) >= 11 is 5.89. The van der Waals surface area contributed by atoms with Crippen LogP contribution >= 0.6 is 11.6 Å². The lowest BCUT2D eigenvalue weighted by molar-refractivity contribution is 0.414. The summed E-state index contributed by atoms with van der Waals surface area (Å²) in [7, 11) is 1.60. The number of nitrogens with two attached hydrogens (primary N) is 1. The first-order valence-corrected chi connectivity index (χ1v) is 6.26. The molecule has 0 saturated heterocycles. The Kier molecular flexibility index (Phi) is 4.08. The Labute approximate surface area is 117 Å². The fourth-order valence-corrected chi connectivity index (χ4v) is 2.23. The van der Waals surface area contributed by atoms with Crippen LogP contribution in [0.4, 0.5) is 4.39 Å². The molecule has 0 bridgehead atoms. The molecule has 0 saturated carbocycles. The van der Waals surface area contributed by atoms with Crippen molar-refractivity contribution in [3.8, 4) is 5.75 Å². The molecule has 0 aromatic heterocycles. The zero-order valence-electron chi connectivity index (χ0n) is 10.8. The van der Waals surface area contributed by atoms with Gasteiger partial charge >= 0.3 is 0 Å². The van der Waals surface area contributed by atoms with Gasteiger partial charge in [0.1, 0.15) is 11.6 Å². The van der Waals surface area contributed by atoms with E-state index in [1.54, 1.807) is 13.2 Å². The van der Waals surface area contributed by atoms with Gasteiger partial charge in [0.2, 0.25) is 0 Å². The Bertz CT molecular complexity index is 601. The van der Waals surface area contributed by atoms with Crippen molar-refractivity contribution in [3.05, 3.63) is 63.9 Å². The Hall–Kier alpha value is -1.58. The summed E-state index contributed by atoms with van der Waals surface area (Å²) in [5.41, 5.74) is 8.33. The molecule has 19 heavy (non-hydrogen) atoms. The van der Waals surface area contributed by atoms with E-state index in [9.17, 15) is 4.39 Å². The van der Waals surface area contributed by atoms with Gasteiger partial charge in [-0.15, -0.1) is 0 Å². The number of benzene rings is 2. The average Bonchev–Trinajstić information content (AvgIpc) is 2.40. The van der Waals surface area contributed by atoms with Gasteiger partial charge in [0.25, 0.3) is 0 Å². The first-order chi connectivity index (χ1) is 9.02. The molecule has 0 amide bonds. The molecule has 1 unspecified atom stereocenters. The summed E-state index contributed by atoms with van der Waals surface area (Å²) in [5.74, 6) is 0.395. The molecule has 0 aliphatic heterocycles. The molecular formula is C15H15ClFNO. The molecule has 4 heteroatoms. The van der Waals surface area contributed by atoms with E-state index < -0.39 is 6.04 Å². The molecule has 100 valence electrons. The maximum absolute atomic E-state index is 13.8. The number of aryl methyl sites for hydroxylation is 1. The van der Waals surface area contributed by atoms with Crippen LogP contribution in [0.15, 0.2) is 36.4 Å². The van der Waals surface area contributed by atoms with Crippen LogP contribution in [0.25, 0.3) is 0 Å². The van der Waals surface area contributed by atoms with E-state index >= 15 is 0 Å². The summed E-state index contributed by atoms with van der Waals surface area (Å²) in [6.07, 6.45) is 0. The number of hydrogen-bond donors (Lipinski definition) is 1. The van der Waals surface area contributed by atoms with Gasteiger partial charge in [0, 0.05) is 10.6 Å². The molecule has 2 N–H and O–H groups in total. The Morgan fingerprint density at radius 2 is 1.89 bits per heavy atom. The highest BCUT2D eigenvalue weighted by atomic mass is 35.5. The van der Waals surface area contributed by atoms with E-state index in [0.717, 1.165) is 16.9 Å². The first-order valence-electron chi connectivity index (χ1n) is 5.88. The van der Waals surface area contributed by atoms with Crippen LogP contribution in [0.3, 0.4) is 0 Å². The lowest BCUT2D eigenvalue weighted by Gasteiger charge is -2.17. The highest BCUT2D eigenvalue weighted by Gasteiger charge is 2.16. The van der Waals surface area contributed by atoms with Gasteiger partial charge in [-0.2, -0.15) is 0 Å². The first kappa shape index (κ1) is 13.8. The van der Waals surface area contributed by atoms with Crippen molar-refractivity contribution in [1.29, 1.82) is 0 Å². The molecule has 0 radical (unpaired) electrons. The maximum Gasteiger partial charge on any atom is 0.128 e. The van der Waals surface area contributed by atoms with Crippen molar-refractivity contribution in [2.24, 2.45) is 5.73 Å². The molecule has 0 fully saturated rings. The molecule has 1 atom stereocenters. The summed E-state index contributed by atoms with van der Waals surface area (Å²) in [5, 5.41) is 0.470. The smallest absolute Gasteiger partial charge is 0.128 e. The molecule has 2 nitrogen and oxygen atoms in total. The van der Waals surface area contributed by atoms with Crippen molar-refractivity contribution >= 4 is 11.6 Å². The number of ether oxygens (including phenoxy) is 1. The number of rotatable bonds is 3. The Morgan fingerprint density at radius 3 is 2.53 bits per heavy atom. The minimum absolute atomic E-state index is 0.355. The molecule has 2 aromatic carbocycles. The van der Waals surface area contributed by atoms with Crippen LogP contribution in [0.1, 0.15) is 22.7 Å². The standard InChI is InChI=1S/C15H15ClFNO/c1-9-7-11(19-2)4-5-12(9)15(18)13-8-10(16)3-6-14(13)17/h3-8,15H,18H2,1-2H3. The number of methoxy groups -OCH3 is 1. The predicted octanol–water partition coefficient (Wildman–Crippen LogP) is 3.84. The number of hydrogen-bond acceptors (Lipinski definition) is 2. The SMILES string of the molecule is COc1ccc(C(N)c2cc(Cl)ccc2F)c(C)c1. The molecular weight excluding hydrogens is 265 g/mol. The van der Waals surface area contributed by atoms with Gasteiger partial charge in [-0.05, 0) is 48.4 Å². The van der Waals surface area contributed by atoms with Gasteiger partial charge in [0.15, 0.2) is 0 Å². The van der Waals surface area contributed by atoms with E-state index in [4.69, 9.17) is 22.1 Å². The Morgan fingerprint density at radius 1 is 1.16 bits per heavy atom. The van der Waals surface area contributed by atoms with Gasteiger partial charge in [0.05, 0.1) is 13.2 Å². The van der Waals surface area contributed by atoms with Crippen LogP contribution in [0.2, 0.25) is 5.02 Å². The third-order valence-corrected chi connectivity index (χ3v) is 3.34. The van der Waals surface area contributed by atoms with Crippen molar-refractivity contribution in [1.82, 2.24) is 0 Å². The zero-order chi connectivity index (χ0) is 14.0. The van der Waals surface area contributed by atoms with E-state index in [1.165, 1.54) is 12.1 Å². The summed E-state index contributed by atoms with van der Waals surface area (Å²) in [6.45, 7) is 1.92. The van der Waals surface area contributed by atoms with Crippen molar-refractivity contribution in [3.63, 3.8) is 0 Å². The topological polar surface area (TPSA) is 35.2 Å². The lowest BCUT2D eigenvalue weighted by atomic mass is 9.95. The van der Waals surface area contributed by atoms with Crippen LogP contribution in [0, 0.1) is 12.7 Å². The Balaban J connectivity index is 2.43. The van der Waals surface area contributed by atoms with Crippen LogP contribution in [0.5, 0.6) is 5.75 Å². The summed E-state index contributed by atoms with van der Waals surface area (Å²) in [4.78, 5) is 0. The molecule has 0 aliphatic carbocycles. The second-order valence-corrected chi connectivity index (χ2v) is 4.80. The lowest BCUT2D eigenvalue weighted by Crippen LogP contribution is -2.15. The maximum atomic E-state index is 13.8. The highest BCUT2D eigenvalue weighted by Crippen LogP contribution is 2.28. The second kappa shape index (κ2) is 5.59. The molecule has 0 aliphatic rings. The van der Waals surface area contributed by atoms with Crippen LogP contribution in [-0.4, -0.2) is 7.11 Å². The fraction of sp³-hybridized carbons (Fsp3) is 0.200. The molecule has 2 aromatic rings. The normalized spacial score (nSPS) is 12.3. The monoisotopic (exact) mass is 279 g/mol. The van der Waals surface area contributed by atoms with Gasteiger partial charge in [-0.3, -0.25) is 0 Å². The average molecular weight is 280 g/mol. The third kappa shape index (κ3) is 2.88. The van der Waals surface area contributed by atoms with E-state index in [2.05, 4.69) is 0 Å². The predicted molar refractivity (Wildman–Crippen MR) is 75.2 cm³/mol. The molecule has 0 heterocycles. The minimum atomic E-state index is -0.551. The third-order valence-electron chi connectivity index (χ3n) is 3.11. The van der Waals surface area contributed by atoms with E-state index in [0.29, 0.717) is 10.6 Å². The fourth-order valence-electron chi connectivity index (χ4n) is 2.04. The van der Waals surface area contributed by atoms with Crippen LogP contribution < -0.4 is 10.5 Å². The summed E-state index contributed by atoms with van der Waals surface area (Å²) < 4.78 is 19.0. The second-order valence-electron chi connectivity index (χ2n) is 4.37. The van der Waals surface area contributed by atoms with Crippen LogP contribution in [-0.2, 0) is 0 Å². The van der Waals surface area contributed by atoms with Crippen molar-refractivity contribution < 1.29 is 9.13 Å². The number of halogens is 2. The van der Waals surface area contributed by atoms with Crippen molar-refractivity contribution in [2.75, 3.05) is 7.11 Å². The minimum Gasteiger partial charge on any atom is -0.497 e. The van der Waals surface area contributed by atoms with E-state index in [-0.39, 0.29) is 5.82 Å². The van der Waals surface area contributed by atoms with Gasteiger partial charge in [-0.25, -0.2) is 4.39 Å². The quantitative estimate of drug-likeness (QED) is 0.926. The summed E-state index contributed by atoms with van der Waals surface area (Å²) in [6, 6.07) is 9.38. The molecule has 2 rings (SSSR count). The van der Waals surface area contributed by atoms with Gasteiger partial charge in [-0.1, -0.05) is 17.7 Å². The van der Waals surface area contributed by atoms with Gasteiger partial charge < -0.3 is 10.5 Å². The highest BCUT2D eigenvalue weighted by molar-refractivity contribution is 6.30. The van der Waals surface area contributed by atoms with Crippen molar-refractivity contribution in [2.45, 2.75) is 13.0 Å².